The summed E-state index contributed by atoms with van der Waals surface area (Å²) in [5, 5.41) is 3.82. The van der Waals surface area contributed by atoms with E-state index < -0.39 is 10.0 Å². The van der Waals surface area contributed by atoms with E-state index in [4.69, 9.17) is 9.47 Å². The lowest BCUT2D eigenvalue weighted by Crippen LogP contribution is -2.21. The van der Waals surface area contributed by atoms with Crippen LogP contribution in [0, 0.1) is 0 Å². The summed E-state index contributed by atoms with van der Waals surface area (Å²) in [6, 6.07) is 5.33. The number of benzene rings is 1. The molecule has 0 spiro atoms. The fourth-order valence-corrected chi connectivity index (χ4v) is 3.36. The maximum absolute atomic E-state index is 11.9. The van der Waals surface area contributed by atoms with Crippen molar-refractivity contribution in [2.24, 2.45) is 5.10 Å². The second-order valence-corrected chi connectivity index (χ2v) is 7.72. The van der Waals surface area contributed by atoms with E-state index in [1.165, 1.54) is 31.9 Å². The van der Waals surface area contributed by atoms with E-state index in [0.29, 0.717) is 17.9 Å². The molecule has 1 aromatic rings. The molecule has 1 aliphatic heterocycles. The Morgan fingerprint density at radius 3 is 2.58 bits per heavy atom. The maximum Gasteiger partial charge on any atom is 0.247 e. The Morgan fingerprint density at radius 2 is 1.79 bits per heavy atom. The van der Waals surface area contributed by atoms with Crippen molar-refractivity contribution in [2.75, 3.05) is 12.5 Å². The van der Waals surface area contributed by atoms with Gasteiger partial charge in [-0.2, -0.15) is 5.10 Å². The van der Waals surface area contributed by atoms with Crippen LogP contribution in [-0.4, -0.2) is 27.2 Å². The Balaban J connectivity index is 1.68. The van der Waals surface area contributed by atoms with Crippen molar-refractivity contribution < 1.29 is 17.9 Å². The fraction of sp³-hybridized carbons (Fsp3) is 0.588. The largest absolute Gasteiger partial charge is 0.454 e. The summed E-state index contributed by atoms with van der Waals surface area (Å²) in [6.45, 7) is 2.39. The molecule has 0 aliphatic carbocycles. The van der Waals surface area contributed by atoms with Crippen LogP contribution >= 0.6 is 0 Å². The molecule has 6 nitrogen and oxygen atoms in total. The Morgan fingerprint density at radius 1 is 1.08 bits per heavy atom. The van der Waals surface area contributed by atoms with E-state index >= 15 is 0 Å². The molecule has 1 heterocycles. The van der Waals surface area contributed by atoms with E-state index in [9.17, 15) is 8.42 Å². The number of nitrogens with one attached hydrogen (secondary N) is 1. The van der Waals surface area contributed by atoms with Gasteiger partial charge in [0.1, 0.15) is 0 Å². The molecule has 1 aliphatic rings. The minimum Gasteiger partial charge on any atom is -0.454 e. The lowest BCUT2D eigenvalue weighted by Gasteiger charge is -2.04. The van der Waals surface area contributed by atoms with Gasteiger partial charge in [-0.15, -0.1) is 0 Å². The van der Waals surface area contributed by atoms with E-state index in [1.54, 1.807) is 18.2 Å². The number of hydrogen-bond donors (Lipinski definition) is 1. The van der Waals surface area contributed by atoms with Gasteiger partial charge in [-0.3, -0.25) is 0 Å². The van der Waals surface area contributed by atoms with Crippen molar-refractivity contribution in [2.45, 2.75) is 51.9 Å². The molecule has 0 atom stereocenters. The number of ether oxygens (including phenoxy) is 2. The van der Waals surface area contributed by atoms with E-state index in [0.717, 1.165) is 18.4 Å². The molecule has 1 N–H and O–H groups in total. The smallest absolute Gasteiger partial charge is 0.247 e. The molecule has 1 aromatic carbocycles. The summed E-state index contributed by atoms with van der Waals surface area (Å²) in [7, 11) is -3.36. The summed E-state index contributed by atoms with van der Waals surface area (Å²) in [5.74, 6) is 1.44. The first-order chi connectivity index (χ1) is 11.6. The zero-order chi connectivity index (χ0) is 17.3. The van der Waals surface area contributed by atoms with Gasteiger partial charge < -0.3 is 9.47 Å². The monoisotopic (exact) mass is 354 g/mol. The molecule has 24 heavy (non-hydrogen) atoms. The molecule has 2 rings (SSSR count). The Bertz CT molecular complexity index is 644. The average Bonchev–Trinajstić information content (AvgIpc) is 3.01. The van der Waals surface area contributed by atoms with Gasteiger partial charge in [0.25, 0.3) is 0 Å². The topological polar surface area (TPSA) is 77.0 Å². The van der Waals surface area contributed by atoms with Gasteiger partial charge in [-0.05, 0) is 30.2 Å². The van der Waals surface area contributed by atoms with Gasteiger partial charge >= 0.3 is 0 Å². The van der Waals surface area contributed by atoms with Gasteiger partial charge in [0.05, 0.1) is 12.0 Å². The fourth-order valence-electron chi connectivity index (χ4n) is 2.47. The number of hydrogen-bond acceptors (Lipinski definition) is 5. The SMILES string of the molecule is CCCCCCCCCS(=O)(=O)N/N=C/c1ccc2c(c1)OCO2. The molecular formula is C17H26N2O4S. The van der Waals surface area contributed by atoms with Gasteiger partial charge in [-0.1, -0.05) is 45.4 Å². The zero-order valence-corrected chi connectivity index (χ0v) is 15.0. The normalized spacial score (nSPS) is 13.5. The van der Waals surface area contributed by atoms with Gasteiger partial charge in [0, 0.05) is 0 Å². The summed E-state index contributed by atoms with van der Waals surface area (Å²) in [4.78, 5) is 2.26. The summed E-state index contributed by atoms with van der Waals surface area (Å²) in [5.41, 5.74) is 0.748. The molecule has 0 fully saturated rings. The predicted molar refractivity (Wildman–Crippen MR) is 95.1 cm³/mol. The van der Waals surface area contributed by atoms with Crippen LogP contribution < -0.4 is 14.3 Å². The Hall–Kier alpha value is -1.76. The molecule has 0 unspecified atom stereocenters. The van der Waals surface area contributed by atoms with Crippen LogP contribution in [0.1, 0.15) is 57.4 Å². The minimum absolute atomic E-state index is 0.110. The third-order valence-corrected chi connectivity index (χ3v) is 5.03. The number of nitrogens with zero attached hydrogens (tertiary/aromatic N) is 1. The molecular weight excluding hydrogens is 328 g/mol. The molecule has 0 radical (unpaired) electrons. The lowest BCUT2D eigenvalue weighted by molar-refractivity contribution is 0.174. The van der Waals surface area contributed by atoms with Crippen molar-refractivity contribution in [1.82, 2.24) is 4.83 Å². The highest BCUT2D eigenvalue weighted by Crippen LogP contribution is 2.31. The van der Waals surface area contributed by atoms with Crippen molar-refractivity contribution in [3.05, 3.63) is 23.8 Å². The van der Waals surface area contributed by atoms with Crippen LogP contribution in [0.3, 0.4) is 0 Å². The Kier molecular flexibility index (Phi) is 7.36. The van der Waals surface area contributed by atoms with Crippen molar-refractivity contribution >= 4 is 16.2 Å². The second-order valence-electron chi connectivity index (χ2n) is 5.90. The van der Waals surface area contributed by atoms with Gasteiger partial charge in [0.15, 0.2) is 11.5 Å². The van der Waals surface area contributed by atoms with Crippen molar-refractivity contribution in [3.63, 3.8) is 0 Å². The number of unbranched alkanes of at least 4 members (excludes halogenated alkanes) is 6. The third kappa shape index (κ3) is 6.39. The minimum atomic E-state index is -3.36. The molecule has 7 heteroatoms. The van der Waals surface area contributed by atoms with Crippen LogP contribution in [-0.2, 0) is 10.0 Å². The summed E-state index contributed by atoms with van der Waals surface area (Å²) in [6.07, 6.45) is 9.07. The zero-order valence-electron chi connectivity index (χ0n) is 14.2. The summed E-state index contributed by atoms with van der Waals surface area (Å²) >= 11 is 0. The molecule has 0 saturated carbocycles. The first-order valence-corrected chi connectivity index (χ1v) is 10.2. The van der Waals surface area contributed by atoms with E-state index in [-0.39, 0.29) is 12.5 Å². The van der Waals surface area contributed by atoms with E-state index in [1.807, 2.05) is 0 Å². The predicted octanol–water partition coefficient (Wildman–Crippen LogP) is 3.42. The standard InChI is InChI=1S/C17H26N2O4S/c1-2-3-4-5-6-7-8-11-24(20,21)19-18-13-15-9-10-16-17(12-15)23-14-22-16/h9-10,12-13,19H,2-8,11,14H2,1H3/b18-13+. The maximum atomic E-state index is 11.9. The molecule has 134 valence electrons. The molecule has 0 bridgehead atoms. The first kappa shape index (κ1) is 18.6. The number of rotatable bonds is 11. The molecule has 0 saturated heterocycles. The van der Waals surface area contributed by atoms with Crippen LogP contribution in [0.2, 0.25) is 0 Å². The third-order valence-electron chi connectivity index (χ3n) is 3.82. The van der Waals surface area contributed by atoms with Crippen LogP contribution in [0.25, 0.3) is 0 Å². The highest BCUT2D eigenvalue weighted by Gasteiger charge is 2.12. The second kappa shape index (κ2) is 9.52. The van der Waals surface area contributed by atoms with Crippen LogP contribution in [0.15, 0.2) is 23.3 Å². The van der Waals surface area contributed by atoms with Crippen LogP contribution in [0.5, 0.6) is 11.5 Å². The highest BCUT2D eigenvalue weighted by atomic mass is 32.2. The highest BCUT2D eigenvalue weighted by molar-refractivity contribution is 7.89. The Labute approximate surface area is 144 Å². The average molecular weight is 354 g/mol. The first-order valence-electron chi connectivity index (χ1n) is 8.53. The van der Waals surface area contributed by atoms with Crippen LogP contribution in [0.4, 0.5) is 0 Å². The lowest BCUT2D eigenvalue weighted by atomic mass is 10.1. The number of sulfonamides is 1. The quantitative estimate of drug-likeness (QED) is 0.375. The van der Waals surface area contributed by atoms with Crippen molar-refractivity contribution in [1.29, 1.82) is 0 Å². The van der Waals surface area contributed by atoms with Gasteiger partial charge in [0.2, 0.25) is 16.8 Å². The van der Waals surface area contributed by atoms with Crippen molar-refractivity contribution in [3.8, 4) is 11.5 Å². The molecule has 0 aromatic heterocycles. The van der Waals surface area contributed by atoms with Gasteiger partial charge in [-0.25, -0.2) is 13.2 Å². The van der Waals surface area contributed by atoms with E-state index in [2.05, 4.69) is 16.9 Å². The molecule has 0 amide bonds. The summed E-state index contributed by atoms with van der Waals surface area (Å²) < 4.78 is 34.2. The number of hydrazone groups is 1. The number of fused-ring (bicyclic) bond motifs is 1.